The number of hydrogen-bond acceptors (Lipinski definition) is 6. The van der Waals surface area contributed by atoms with Gasteiger partial charge >= 0.3 is 0 Å². The average Bonchev–Trinajstić information content (AvgIpc) is 2.85. The van der Waals surface area contributed by atoms with Crippen LogP contribution in [0.15, 0.2) is 54.6 Å². The smallest absolute Gasteiger partial charge is 0.271 e. The van der Waals surface area contributed by atoms with E-state index in [4.69, 9.17) is 0 Å². The molecule has 0 aromatic heterocycles. The minimum atomic E-state index is -0.382. The first kappa shape index (κ1) is 22.7. The molecule has 2 aromatic carbocycles. The third-order valence-corrected chi connectivity index (χ3v) is 6.40. The fraction of sp³-hybridized carbons (Fsp3) is 0.417. The Hall–Kier alpha value is -3.46. The Morgan fingerprint density at radius 3 is 2.30 bits per heavy atom. The highest BCUT2D eigenvalue weighted by molar-refractivity contribution is 5.92. The van der Waals surface area contributed by atoms with Gasteiger partial charge in [-0.2, -0.15) is 0 Å². The number of piperidine rings is 1. The van der Waals surface area contributed by atoms with E-state index in [0.717, 1.165) is 37.6 Å². The molecule has 9 nitrogen and oxygen atoms in total. The molecule has 4 rings (SSSR count). The maximum absolute atomic E-state index is 12.8. The topological polar surface area (TPSA) is 99.0 Å². The summed E-state index contributed by atoms with van der Waals surface area (Å²) < 4.78 is 0. The van der Waals surface area contributed by atoms with Crippen molar-refractivity contribution in [2.45, 2.75) is 12.8 Å². The molecule has 33 heavy (non-hydrogen) atoms. The number of rotatable bonds is 6. The van der Waals surface area contributed by atoms with Crippen LogP contribution in [0.2, 0.25) is 0 Å². The Labute approximate surface area is 193 Å². The molecule has 2 saturated heterocycles. The van der Waals surface area contributed by atoms with Crippen LogP contribution in [-0.2, 0) is 9.59 Å². The van der Waals surface area contributed by atoms with Crippen molar-refractivity contribution in [2.75, 3.05) is 56.0 Å². The lowest BCUT2D eigenvalue weighted by atomic mass is 9.95. The van der Waals surface area contributed by atoms with Gasteiger partial charge in [0.1, 0.15) is 0 Å². The van der Waals surface area contributed by atoms with Gasteiger partial charge in [0.2, 0.25) is 11.8 Å². The summed E-state index contributed by atoms with van der Waals surface area (Å²) in [5.74, 6) is 0.0408. The fourth-order valence-corrected chi connectivity index (χ4v) is 4.42. The Kier molecular flexibility index (Phi) is 7.19. The Morgan fingerprint density at radius 2 is 1.64 bits per heavy atom. The molecule has 1 N–H and O–H groups in total. The molecule has 0 unspecified atom stereocenters. The van der Waals surface area contributed by atoms with Crippen LogP contribution < -0.4 is 10.2 Å². The van der Waals surface area contributed by atoms with Crippen molar-refractivity contribution in [2.24, 2.45) is 5.92 Å². The third kappa shape index (κ3) is 5.87. The molecule has 2 fully saturated rings. The first-order valence-electron chi connectivity index (χ1n) is 11.3. The molecular weight excluding hydrogens is 422 g/mol. The molecule has 2 aliphatic rings. The van der Waals surface area contributed by atoms with Crippen molar-refractivity contribution in [3.05, 3.63) is 64.7 Å². The summed E-state index contributed by atoms with van der Waals surface area (Å²) in [7, 11) is 0. The van der Waals surface area contributed by atoms with Crippen LogP contribution in [0.5, 0.6) is 0 Å². The fourth-order valence-electron chi connectivity index (χ4n) is 4.42. The summed E-state index contributed by atoms with van der Waals surface area (Å²) in [4.78, 5) is 42.0. The summed E-state index contributed by atoms with van der Waals surface area (Å²) in [5, 5.41) is 14.0. The van der Waals surface area contributed by atoms with Crippen LogP contribution >= 0.6 is 0 Å². The summed E-state index contributed by atoms with van der Waals surface area (Å²) >= 11 is 0. The van der Waals surface area contributed by atoms with Gasteiger partial charge in [0.15, 0.2) is 0 Å². The molecule has 174 valence electrons. The number of nitrogens with one attached hydrogen (secondary N) is 1. The van der Waals surface area contributed by atoms with E-state index in [2.05, 4.69) is 15.1 Å². The molecule has 0 radical (unpaired) electrons. The number of nitro benzene ring substituents is 1. The quantitative estimate of drug-likeness (QED) is 0.535. The van der Waals surface area contributed by atoms with E-state index in [1.54, 1.807) is 12.1 Å². The Bertz CT molecular complexity index is 983. The van der Waals surface area contributed by atoms with Crippen molar-refractivity contribution in [1.29, 1.82) is 0 Å². The number of non-ortho nitro benzene ring substituents is 1. The molecular formula is C24H29N5O4. The van der Waals surface area contributed by atoms with Crippen molar-refractivity contribution in [3.8, 4) is 0 Å². The number of carbonyl (C=O) groups is 2. The minimum Gasteiger partial charge on any atom is -0.369 e. The van der Waals surface area contributed by atoms with Crippen molar-refractivity contribution < 1.29 is 14.5 Å². The predicted molar refractivity (Wildman–Crippen MR) is 126 cm³/mol. The van der Waals surface area contributed by atoms with E-state index in [9.17, 15) is 19.7 Å². The van der Waals surface area contributed by atoms with Crippen LogP contribution in [0.3, 0.4) is 0 Å². The largest absolute Gasteiger partial charge is 0.369 e. The third-order valence-electron chi connectivity index (χ3n) is 6.40. The van der Waals surface area contributed by atoms with Gasteiger partial charge in [0, 0.05) is 68.7 Å². The van der Waals surface area contributed by atoms with Gasteiger partial charge < -0.3 is 15.1 Å². The number of carbonyl (C=O) groups excluding carboxylic acids is 2. The first-order valence-corrected chi connectivity index (χ1v) is 11.3. The first-order chi connectivity index (χ1) is 16.0. The van der Waals surface area contributed by atoms with E-state index in [1.807, 2.05) is 41.3 Å². The number of anilines is 2. The number of nitro groups is 1. The van der Waals surface area contributed by atoms with Crippen LogP contribution in [0, 0.1) is 16.0 Å². The second-order valence-electron chi connectivity index (χ2n) is 8.55. The molecule has 2 amide bonds. The zero-order valence-electron chi connectivity index (χ0n) is 18.6. The predicted octanol–water partition coefficient (Wildman–Crippen LogP) is 2.59. The number of amides is 2. The number of para-hydroxylation sites is 1. The number of piperazine rings is 1. The highest BCUT2D eigenvalue weighted by atomic mass is 16.6. The molecule has 9 heteroatoms. The van der Waals surface area contributed by atoms with Crippen molar-refractivity contribution in [3.63, 3.8) is 0 Å². The molecule has 0 bridgehead atoms. The summed E-state index contributed by atoms with van der Waals surface area (Å²) in [6.07, 6.45) is 1.34. The molecule has 2 aliphatic heterocycles. The standard InChI is InChI=1S/C24H29N5O4/c30-23(28-11-9-19(10-12-28)24(31)25-20-5-2-1-3-6-20)18-26-13-15-27(16-14-26)21-7-4-8-22(17-21)29(32)33/h1-8,17,19H,9-16,18H2,(H,25,31). The molecule has 2 heterocycles. The van der Waals surface area contributed by atoms with Crippen molar-refractivity contribution in [1.82, 2.24) is 9.80 Å². The summed E-state index contributed by atoms with van der Waals surface area (Å²) in [5.41, 5.74) is 1.72. The average molecular weight is 452 g/mol. The maximum Gasteiger partial charge on any atom is 0.271 e. The number of benzene rings is 2. The van der Waals surface area contributed by atoms with Crippen molar-refractivity contribution >= 4 is 28.9 Å². The highest BCUT2D eigenvalue weighted by Gasteiger charge is 2.29. The van der Waals surface area contributed by atoms with Gasteiger partial charge in [-0.25, -0.2) is 0 Å². The van der Waals surface area contributed by atoms with E-state index in [0.29, 0.717) is 32.5 Å². The number of nitrogens with zero attached hydrogens (tertiary/aromatic N) is 4. The zero-order valence-corrected chi connectivity index (χ0v) is 18.6. The van der Waals surface area contributed by atoms with Gasteiger partial charge in [0.05, 0.1) is 11.5 Å². The second kappa shape index (κ2) is 10.4. The summed E-state index contributed by atoms with van der Waals surface area (Å²) in [6, 6.07) is 16.1. The number of hydrogen-bond donors (Lipinski definition) is 1. The van der Waals surface area contributed by atoms with Gasteiger partial charge in [-0.3, -0.25) is 24.6 Å². The van der Waals surface area contributed by atoms with Gasteiger partial charge in [0.25, 0.3) is 5.69 Å². The Balaban J connectivity index is 1.20. The van der Waals surface area contributed by atoms with Gasteiger partial charge in [-0.15, -0.1) is 0 Å². The van der Waals surface area contributed by atoms with E-state index in [1.165, 1.54) is 6.07 Å². The highest BCUT2D eigenvalue weighted by Crippen LogP contribution is 2.23. The lowest BCUT2D eigenvalue weighted by Gasteiger charge is -2.37. The molecule has 2 aromatic rings. The molecule has 0 spiro atoms. The minimum absolute atomic E-state index is 0.0190. The SMILES string of the molecule is O=C(Nc1ccccc1)C1CCN(C(=O)CN2CCN(c3cccc([N+](=O)[O-])c3)CC2)CC1. The lowest BCUT2D eigenvalue weighted by Crippen LogP contribution is -2.51. The molecule has 0 aliphatic carbocycles. The molecule has 0 atom stereocenters. The summed E-state index contributed by atoms with van der Waals surface area (Å²) in [6.45, 7) is 4.45. The normalized spacial score (nSPS) is 17.6. The zero-order chi connectivity index (χ0) is 23.2. The lowest BCUT2D eigenvalue weighted by molar-refractivity contribution is -0.384. The van der Waals surface area contributed by atoms with Crippen LogP contribution in [0.25, 0.3) is 0 Å². The maximum atomic E-state index is 12.8. The van der Waals surface area contributed by atoms with E-state index >= 15 is 0 Å². The van der Waals surface area contributed by atoms with Crippen LogP contribution in [-0.4, -0.2) is 72.4 Å². The second-order valence-corrected chi connectivity index (χ2v) is 8.55. The van der Waals surface area contributed by atoms with E-state index in [-0.39, 0.29) is 28.3 Å². The van der Waals surface area contributed by atoms with Gasteiger partial charge in [-0.1, -0.05) is 24.3 Å². The van der Waals surface area contributed by atoms with Crippen LogP contribution in [0.4, 0.5) is 17.1 Å². The van der Waals surface area contributed by atoms with Gasteiger partial charge in [-0.05, 0) is 31.0 Å². The van der Waals surface area contributed by atoms with Crippen LogP contribution in [0.1, 0.15) is 12.8 Å². The van der Waals surface area contributed by atoms with E-state index < -0.39 is 0 Å². The monoisotopic (exact) mass is 451 g/mol. The molecule has 0 saturated carbocycles. The Morgan fingerprint density at radius 1 is 0.939 bits per heavy atom. The number of likely N-dealkylation sites (tertiary alicyclic amines) is 1.